The second-order valence-corrected chi connectivity index (χ2v) is 5.29. The van der Waals surface area contributed by atoms with E-state index < -0.39 is 11.8 Å². The minimum absolute atomic E-state index is 0.114. The molecule has 0 fully saturated rings. The van der Waals surface area contributed by atoms with E-state index in [4.69, 9.17) is 0 Å². The minimum Gasteiger partial charge on any atom is -0.339 e. The third-order valence-electron chi connectivity index (χ3n) is 4.17. The molecule has 3 amide bonds. The number of hydrogen-bond donors (Lipinski definition) is 1. The normalized spacial score (nSPS) is 13.6. The highest BCUT2D eigenvalue weighted by Gasteiger charge is 2.33. The Bertz CT molecular complexity index is 818. The van der Waals surface area contributed by atoms with E-state index in [0.717, 1.165) is 0 Å². The van der Waals surface area contributed by atoms with Gasteiger partial charge in [-0.05, 0) is 37.4 Å². The number of rotatable bonds is 3. The smallest absolute Gasteiger partial charge is 0.285 e. The lowest BCUT2D eigenvalue weighted by atomic mass is 9.91. The summed E-state index contributed by atoms with van der Waals surface area (Å²) in [5.74, 6) is -1.70. The van der Waals surface area contributed by atoms with Crippen LogP contribution in [0.3, 0.4) is 0 Å². The zero-order valence-corrected chi connectivity index (χ0v) is 12.9. The molecule has 1 heterocycles. The lowest BCUT2D eigenvalue weighted by Crippen LogP contribution is -2.38. The van der Waals surface area contributed by atoms with Crippen LogP contribution in [0.15, 0.2) is 30.3 Å². The second kappa shape index (κ2) is 5.48. The molecule has 0 saturated carbocycles. The Morgan fingerprint density at radius 3 is 2.26 bits per heavy atom. The van der Waals surface area contributed by atoms with E-state index in [1.54, 1.807) is 23.1 Å². The van der Waals surface area contributed by atoms with Crippen molar-refractivity contribution in [2.24, 2.45) is 0 Å². The predicted molar refractivity (Wildman–Crippen MR) is 83.5 cm³/mol. The maximum Gasteiger partial charge on any atom is 0.285 e. The summed E-state index contributed by atoms with van der Waals surface area (Å²) in [5.41, 5.74) is 0.879. The van der Waals surface area contributed by atoms with Crippen LogP contribution in [0.4, 0.5) is 0 Å². The number of amides is 3. The van der Waals surface area contributed by atoms with E-state index in [1.807, 2.05) is 13.8 Å². The van der Waals surface area contributed by atoms with Gasteiger partial charge in [-0.25, -0.2) is 0 Å². The molecule has 0 saturated heterocycles. The molecule has 1 N–H and O–H groups in total. The Hall–Kier alpha value is -2.73. The van der Waals surface area contributed by atoms with Crippen LogP contribution in [0, 0.1) is 0 Å². The molecule has 6 nitrogen and oxygen atoms in total. The zero-order chi connectivity index (χ0) is 16.7. The van der Waals surface area contributed by atoms with Crippen molar-refractivity contribution in [3.63, 3.8) is 0 Å². The summed E-state index contributed by atoms with van der Waals surface area (Å²) < 4.78 is 0. The van der Waals surface area contributed by atoms with Gasteiger partial charge < -0.3 is 4.90 Å². The molecule has 118 valence electrons. The summed E-state index contributed by atoms with van der Waals surface area (Å²) in [7, 11) is 0. The zero-order valence-electron chi connectivity index (χ0n) is 12.9. The fourth-order valence-corrected chi connectivity index (χ4v) is 2.95. The lowest BCUT2D eigenvalue weighted by molar-refractivity contribution is -0.0377. The van der Waals surface area contributed by atoms with Crippen LogP contribution in [0.2, 0.25) is 0 Å². The molecule has 0 aliphatic carbocycles. The number of hydroxylamine groups is 2. The maximum absolute atomic E-state index is 12.7. The van der Waals surface area contributed by atoms with Gasteiger partial charge in [0.2, 0.25) is 0 Å². The van der Waals surface area contributed by atoms with E-state index in [9.17, 15) is 19.6 Å². The van der Waals surface area contributed by atoms with E-state index >= 15 is 0 Å². The third-order valence-corrected chi connectivity index (χ3v) is 4.17. The number of nitrogens with zero attached hydrogens (tertiary/aromatic N) is 2. The van der Waals surface area contributed by atoms with Gasteiger partial charge in [-0.1, -0.05) is 12.1 Å². The summed E-state index contributed by atoms with van der Waals surface area (Å²) in [6.45, 7) is 4.92. The average molecular weight is 312 g/mol. The first-order valence-electron chi connectivity index (χ1n) is 7.43. The summed E-state index contributed by atoms with van der Waals surface area (Å²) in [5, 5.41) is 10.7. The highest BCUT2D eigenvalue weighted by atomic mass is 16.5. The monoisotopic (exact) mass is 312 g/mol. The molecular weight excluding hydrogens is 296 g/mol. The quantitative estimate of drug-likeness (QED) is 0.697. The lowest BCUT2D eigenvalue weighted by Gasteiger charge is -2.24. The van der Waals surface area contributed by atoms with Crippen LogP contribution >= 0.6 is 0 Å². The first-order valence-corrected chi connectivity index (χ1v) is 7.43. The first kappa shape index (κ1) is 15.2. The predicted octanol–water partition coefficient (Wildman–Crippen LogP) is 2.31. The highest BCUT2D eigenvalue weighted by Crippen LogP contribution is 2.32. The van der Waals surface area contributed by atoms with E-state index in [0.29, 0.717) is 29.4 Å². The van der Waals surface area contributed by atoms with E-state index in [1.165, 1.54) is 12.1 Å². The summed E-state index contributed by atoms with van der Waals surface area (Å²) in [6, 6.07) is 7.95. The maximum atomic E-state index is 12.7. The Morgan fingerprint density at radius 2 is 1.65 bits per heavy atom. The second-order valence-electron chi connectivity index (χ2n) is 5.29. The summed E-state index contributed by atoms with van der Waals surface area (Å²) in [6.07, 6.45) is 0. The van der Waals surface area contributed by atoms with Crippen LogP contribution in [-0.2, 0) is 0 Å². The van der Waals surface area contributed by atoms with E-state index in [-0.39, 0.29) is 22.1 Å². The highest BCUT2D eigenvalue weighted by molar-refractivity contribution is 6.26. The van der Waals surface area contributed by atoms with Crippen molar-refractivity contribution in [1.82, 2.24) is 9.96 Å². The molecule has 0 bridgehead atoms. The number of hydrogen-bond acceptors (Lipinski definition) is 4. The van der Waals surface area contributed by atoms with Crippen molar-refractivity contribution in [1.29, 1.82) is 0 Å². The molecule has 3 rings (SSSR count). The van der Waals surface area contributed by atoms with Crippen LogP contribution in [0.1, 0.15) is 44.9 Å². The van der Waals surface area contributed by atoms with Gasteiger partial charge in [0, 0.05) is 24.0 Å². The van der Waals surface area contributed by atoms with Gasteiger partial charge in [-0.2, -0.15) is 0 Å². The molecule has 6 heteroatoms. The number of carbonyl (C=O) groups is 3. The SMILES string of the molecule is CCN(CC)C(=O)c1ccc2c3c(cccc13)C(=O)N(O)C2=O. The van der Waals surface area contributed by atoms with Crippen LogP contribution in [0.5, 0.6) is 0 Å². The molecule has 0 atom stereocenters. The van der Waals surface area contributed by atoms with Crippen molar-refractivity contribution in [3.05, 3.63) is 47.0 Å². The Balaban J connectivity index is 2.30. The van der Waals surface area contributed by atoms with Gasteiger partial charge in [0.05, 0.1) is 11.1 Å². The Kier molecular flexibility index (Phi) is 3.61. The molecule has 2 aromatic rings. The van der Waals surface area contributed by atoms with Crippen LogP contribution in [-0.4, -0.2) is 46.0 Å². The minimum atomic E-state index is -0.777. The average Bonchev–Trinajstić information content (AvgIpc) is 2.58. The fraction of sp³-hybridized carbons (Fsp3) is 0.235. The molecule has 0 aromatic heterocycles. The van der Waals surface area contributed by atoms with Gasteiger partial charge in [-0.15, -0.1) is 5.06 Å². The molecule has 0 spiro atoms. The van der Waals surface area contributed by atoms with Gasteiger partial charge in [-0.3, -0.25) is 19.6 Å². The Labute approximate surface area is 132 Å². The van der Waals surface area contributed by atoms with Gasteiger partial charge >= 0.3 is 0 Å². The van der Waals surface area contributed by atoms with Crippen LogP contribution in [0.25, 0.3) is 10.8 Å². The molecule has 0 unspecified atom stereocenters. The number of benzene rings is 2. The standard InChI is InChI=1S/C17H16N2O4/c1-3-18(4-2)15(20)11-8-9-13-14-10(11)6-5-7-12(14)16(21)19(23)17(13)22/h5-9,23H,3-4H2,1-2H3. The number of carbonyl (C=O) groups excluding carboxylic acids is 3. The molecule has 2 aromatic carbocycles. The summed E-state index contributed by atoms with van der Waals surface area (Å²) >= 11 is 0. The third kappa shape index (κ3) is 2.10. The summed E-state index contributed by atoms with van der Waals surface area (Å²) in [4.78, 5) is 38.6. The fourth-order valence-electron chi connectivity index (χ4n) is 2.95. The molecule has 1 aliphatic heterocycles. The van der Waals surface area contributed by atoms with Crippen molar-refractivity contribution >= 4 is 28.5 Å². The van der Waals surface area contributed by atoms with Gasteiger partial charge in [0.1, 0.15) is 0 Å². The van der Waals surface area contributed by atoms with Crippen molar-refractivity contribution in [3.8, 4) is 0 Å². The largest absolute Gasteiger partial charge is 0.339 e. The topological polar surface area (TPSA) is 77.9 Å². The molecule has 0 radical (unpaired) electrons. The van der Waals surface area contributed by atoms with E-state index in [2.05, 4.69) is 0 Å². The van der Waals surface area contributed by atoms with Gasteiger partial charge in [0.15, 0.2) is 0 Å². The van der Waals surface area contributed by atoms with Crippen molar-refractivity contribution in [2.75, 3.05) is 13.1 Å². The van der Waals surface area contributed by atoms with Crippen LogP contribution < -0.4 is 0 Å². The molecule has 23 heavy (non-hydrogen) atoms. The van der Waals surface area contributed by atoms with Gasteiger partial charge in [0.25, 0.3) is 17.7 Å². The Morgan fingerprint density at radius 1 is 1.04 bits per heavy atom. The number of imide groups is 1. The van der Waals surface area contributed by atoms with Crippen molar-refractivity contribution < 1.29 is 19.6 Å². The molecule has 1 aliphatic rings. The van der Waals surface area contributed by atoms with Crippen molar-refractivity contribution in [2.45, 2.75) is 13.8 Å². The first-order chi connectivity index (χ1) is 11.0. The molecular formula is C17H16N2O4.